The van der Waals surface area contributed by atoms with Crippen molar-refractivity contribution in [3.05, 3.63) is 36.3 Å². The van der Waals surface area contributed by atoms with Crippen LogP contribution in [0.15, 0.2) is 30.7 Å². The van der Waals surface area contributed by atoms with E-state index < -0.39 is 15.6 Å². The minimum absolute atomic E-state index is 0.0278. The first-order valence-corrected chi connectivity index (χ1v) is 12.1. The van der Waals surface area contributed by atoms with Gasteiger partial charge in [-0.15, -0.1) is 0 Å². The third-order valence-electron chi connectivity index (χ3n) is 6.51. The minimum Gasteiger partial charge on any atom is -0.389 e. The summed E-state index contributed by atoms with van der Waals surface area (Å²) in [5, 5.41) is 12.3. The number of rotatable bonds is 4. The van der Waals surface area contributed by atoms with Crippen molar-refractivity contribution < 1.29 is 13.5 Å². The van der Waals surface area contributed by atoms with Crippen LogP contribution < -0.4 is 0 Å². The van der Waals surface area contributed by atoms with E-state index in [1.165, 1.54) is 15.3 Å². The fourth-order valence-corrected chi connectivity index (χ4v) is 6.58. The van der Waals surface area contributed by atoms with E-state index in [9.17, 15) is 13.5 Å². The van der Waals surface area contributed by atoms with Gasteiger partial charge in [0.1, 0.15) is 5.88 Å². The highest BCUT2D eigenvalue weighted by molar-refractivity contribution is 7.89. The van der Waals surface area contributed by atoms with Crippen molar-refractivity contribution in [2.45, 2.75) is 37.7 Å². The van der Waals surface area contributed by atoms with Gasteiger partial charge in [0.2, 0.25) is 10.0 Å². The smallest absolute Gasteiger partial charge is 0.227 e. The molecule has 8 nitrogen and oxygen atoms in total. The minimum atomic E-state index is -3.39. The Labute approximate surface area is 176 Å². The maximum atomic E-state index is 12.8. The van der Waals surface area contributed by atoms with Gasteiger partial charge in [0.25, 0.3) is 0 Å². The Bertz CT molecular complexity index is 1180. The molecule has 2 aliphatic heterocycles. The predicted octanol–water partition coefficient (Wildman–Crippen LogP) is 2.03. The normalized spacial score (nSPS) is 24.9. The number of H-pyrrole nitrogens is 1. The van der Waals surface area contributed by atoms with Crippen LogP contribution in [0.3, 0.4) is 0 Å². The second-order valence-electron chi connectivity index (χ2n) is 8.88. The first-order valence-electron chi connectivity index (χ1n) is 10.5. The van der Waals surface area contributed by atoms with Crippen molar-refractivity contribution in [1.29, 1.82) is 0 Å². The molecule has 30 heavy (non-hydrogen) atoms. The summed E-state index contributed by atoms with van der Waals surface area (Å²) in [4.78, 5) is 14.1. The van der Waals surface area contributed by atoms with E-state index in [4.69, 9.17) is 0 Å². The van der Waals surface area contributed by atoms with Gasteiger partial charge in [0.05, 0.1) is 17.3 Å². The lowest BCUT2D eigenvalue weighted by Gasteiger charge is -2.33. The van der Waals surface area contributed by atoms with Crippen molar-refractivity contribution in [2.24, 2.45) is 0 Å². The van der Waals surface area contributed by atoms with Crippen LogP contribution in [0, 0.1) is 0 Å². The SMILES string of the molecule is CC1(O)CCN(S(=O)(=O)CN2CCC(c3cc[nH]c4cnc5nccc5c34)CC2)C1. The molecule has 0 radical (unpaired) electrons. The van der Waals surface area contributed by atoms with Crippen LogP contribution in [0.25, 0.3) is 21.9 Å². The number of aromatic nitrogens is 3. The number of sulfonamides is 1. The van der Waals surface area contributed by atoms with Gasteiger partial charge in [-0.25, -0.2) is 18.4 Å². The van der Waals surface area contributed by atoms with Gasteiger partial charge in [0.15, 0.2) is 5.65 Å². The number of piperidine rings is 1. The third kappa shape index (κ3) is 3.60. The second kappa shape index (κ2) is 7.26. The number of fused-ring (bicyclic) bond motifs is 3. The lowest BCUT2D eigenvalue weighted by molar-refractivity contribution is 0.0761. The average Bonchev–Trinajstić information content (AvgIpc) is 3.34. The van der Waals surface area contributed by atoms with Crippen LogP contribution in [0.5, 0.6) is 0 Å². The molecule has 3 aromatic rings. The molecule has 2 N–H and O–H groups in total. The Morgan fingerprint density at radius 2 is 2.03 bits per heavy atom. The van der Waals surface area contributed by atoms with E-state index >= 15 is 0 Å². The standard InChI is InChI=1S/C21H27N5O3S/c1-21(27)6-11-26(13-21)30(28,29)14-25-9-4-15(5-10-25)16-2-7-22-18-12-24-20-17(19(16)18)3-8-23-20/h2-3,7-8,12,15,22,27H,4-6,9-11,13-14H2,1H3. The predicted molar refractivity (Wildman–Crippen MR) is 116 cm³/mol. The fraction of sp³-hybridized carbons (Fsp3) is 0.524. The Hall–Kier alpha value is -2.07. The van der Waals surface area contributed by atoms with E-state index in [0.717, 1.165) is 42.5 Å². The molecule has 160 valence electrons. The first-order chi connectivity index (χ1) is 14.3. The zero-order valence-electron chi connectivity index (χ0n) is 17.1. The largest absolute Gasteiger partial charge is 0.389 e. The van der Waals surface area contributed by atoms with Crippen molar-refractivity contribution in [1.82, 2.24) is 24.2 Å². The van der Waals surface area contributed by atoms with Crippen LogP contribution in [0.4, 0.5) is 0 Å². The monoisotopic (exact) mass is 429 g/mol. The molecular formula is C21H27N5O3S. The third-order valence-corrected chi connectivity index (χ3v) is 8.30. The Balaban J connectivity index is 1.32. The zero-order valence-corrected chi connectivity index (χ0v) is 17.9. The van der Waals surface area contributed by atoms with Crippen molar-refractivity contribution in [3.8, 4) is 0 Å². The molecule has 0 aromatic carbocycles. The molecule has 2 saturated heterocycles. The Morgan fingerprint density at radius 1 is 1.23 bits per heavy atom. The number of aromatic amines is 1. The highest BCUT2D eigenvalue weighted by atomic mass is 32.2. The molecule has 0 amide bonds. The summed E-state index contributed by atoms with van der Waals surface area (Å²) in [6, 6.07) is 4.15. The van der Waals surface area contributed by atoms with E-state index in [1.54, 1.807) is 13.1 Å². The molecule has 5 rings (SSSR count). The topological polar surface area (TPSA) is 102 Å². The van der Waals surface area contributed by atoms with Crippen molar-refractivity contribution >= 4 is 32.0 Å². The van der Waals surface area contributed by atoms with Crippen LogP contribution in [-0.4, -0.2) is 75.3 Å². The number of β-amino-alcohol motifs (C(OH)–C–C–N with tert-alkyl or cyclic N) is 1. The maximum Gasteiger partial charge on any atom is 0.227 e. The lowest BCUT2D eigenvalue weighted by Crippen LogP contribution is -2.43. The highest BCUT2D eigenvalue weighted by Crippen LogP contribution is 2.35. The number of hydrogen-bond donors (Lipinski definition) is 2. The molecule has 0 bridgehead atoms. The summed E-state index contributed by atoms with van der Waals surface area (Å²) in [6.45, 7) is 3.76. The van der Waals surface area contributed by atoms with Crippen molar-refractivity contribution in [3.63, 3.8) is 0 Å². The molecule has 9 heteroatoms. The molecule has 0 aliphatic carbocycles. The summed E-state index contributed by atoms with van der Waals surface area (Å²) < 4.78 is 27.0. The van der Waals surface area contributed by atoms with Gasteiger partial charge in [-0.2, -0.15) is 4.31 Å². The first kappa shape index (κ1) is 19.9. The Morgan fingerprint density at radius 3 is 2.77 bits per heavy atom. The van der Waals surface area contributed by atoms with E-state index in [0.29, 0.717) is 18.9 Å². The number of hydrogen-bond acceptors (Lipinski definition) is 6. The summed E-state index contributed by atoms with van der Waals surface area (Å²) >= 11 is 0. The molecule has 0 saturated carbocycles. The van der Waals surface area contributed by atoms with Gasteiger partial charge in [-0.1, -0.05) is 0 Å². The zero-order chi connectivity index (χ0) is 20.9. The number of pyridine rings is 2. The van der Waals surface area contributed by atoms with Crippen LogP contribution in [0.2, 0.25) is 0 Å². The van der Waals surface area contributed by atoms with Crippen LogP contribution >= 0.6 is 0 Å². The van der Waals surface area contributed by atoms with Gasteiger partial charge >= 0.3 is 0 Å². The van der Waals surface area contributed by atoms with E-state index in [-0.39, 0.29) is 12.4 Å². The van der Waals surface area contributed by atoms with E-state index in [1.807, 2.05) is 23.4 Å². The van der Waals surface area contributed by atoms with Crippen molar-refractivity contribution in [2.75, 3.05) is 32.1 Å². The fourth-order valence-electron chi connectivity index (χ4n) is 4.85. The summed E-state index contributed by atoms with van der Waals surface area (Å²) in [5.41, 5.74) is 2.12. The number of aliphatic hydroxyl groups is 1. The Kier molecular flexibility index (Phi) is 4.81. The molecule has 1 atom stereocenters. The van der Waals surface area contributed by atoms with Gasteiger partial charge in [-0.3, -0.25) is 4.90 Å². The van der Waals surface area contributed by atoms with Crippen LogP contribution in [-0.2, 0) is 10.0 Å². The molecule has 5 heterocycles. The highest BCUT2D eigenvalue weighted by Gasteiger charge is 2.38. The summed E-state index contributed by atoms with van der Waals surface area (Å²) in [5.74, 6) is 0.397. The summed E-state index contributed by atoms with van der Waals surface area (Å²) in [7, 11) is -3.39. The number of nitrogens with one attached hydrogen (secondary N) is 1. The molecular weight excluding hydrogens is 402 g/mol. The molecule has 3 aromatic heterocycles. The van der Waals surface area contributed by atoms with Gasteiger partial charge in [-0.05, 0) is 62.9 Å². The second-order valence-corrected chi connectivity index (χ2v) is 10.8. The quantitative estimate of drug-likeness (QED) is 0.658. The number of likely N-dealkylation sites (tertiary alicyclic amines) is 1. The average molecular weight is 430 g/mol. The van der Waals surface area contributed by atoms with Gasteiger partial charge < -0.3 is 10.1 Å². The molecule has 0 spiro atoms. The lowest BCUT2D eigenvalue weighted by atomic mass is 9.87. The number of nitrogens with zero attached hydrogens (tertiary/aromatic N) is 4. The van der Waals surface area contributed by atoms with Crippen LogP contribution in [0.1, 0.15) is 37.7 Å². The van der Waals surface area contributed by atoms with Gasteiger partial charge in [0, 0.05) is 36.3 Å². The summed E-state index contributed by atoms with van der Waals surface area (Å²) in [6.07, 6.45) is 7.89. The van der Waals surface area contributed by atoms with E-state index in [2.05, 4.69) is 21.0 Å². The molecule has 1 unspecified atom stereocenters. The maximum absolute atomic E-state index is 12.8. The molecule has 2 fully saturated rings. The molecule has 2 aliphatic rings.